The second-order valence-corrected chi connectivity index (χ2v) is 12.2. The van der Waals surface area contributed by atoms with Crippen LogP contribution in [-0.2, 0) is 19.6 Å². The molecule has 0 heterocycles. The third-order valence-corrected chi connectivity index (χ3v) is 6.96. The van der Waals surface area contributed by atoms with E-state index in [2.05, 4.69) is 14.8 Å². The van der Waals surface area contributed by atoms with E-state index in [1.54, 1.807) is 58.9 Å². The van der Waals surface area contributed by atoms with Crippen molar-refractivity contribution in [3.05, 3.63) is 72.8 Å². The number of amides is 1. The third kappa shape index (κ3) is 9.77. The number of alkyl halides is 3. The molecule has 0 spiro atoms. The molecule has 42 heavy (non-hydrogen) atoms. The minimum absolute atomic E-state index is 0.0323. The van der Waals surface area contributed by atoms with Crippen LogP contribution in [0.4, 0.5) is 23.7 Å². The summed E-state index contributed by atoms with van der Waals surface area (Å²) in [5, 5.41) is 2.40. The molecule has 0 saturated heterocycles. The maximum Gasteiger partial charge on any atom is 0.573 e. The van der Waals surface area contributed by atoms with Crippen LogP contribution in [-0.4, -0.2) is 38.5 Å². The molecule has 0 aliphatic rings. The van der Waals surface area contributed by atoms with Crippen LogP contribution in [0.5, 0.6) is 11.5 Å². The molecule has 0 aliphatic carbocycles. The van der Waals surface area contributed by atoms with Gasteiger partial charge in [-0.25, -0.2) is 13.2 Å². The fourth-order valence-corrected chi connectivity index (χ4v) is 4.92. The number of benzene rings is 3. The Labute approximate surface area is 242 Å². The van der Waals surface area contributed by atoms with Crippen molar-refractivity contribution in [3.8, 4) is 22.6 Å². The maximum absolute atomic E-state index is 13.0. The molecule has 3 aromatic carbocycles. The second kappa shape index (κ2) is 12.8. The highest BCUT2D eigenvalue weighted by molar-refractivity contribution is 7.89. The summed E-state index contributed by atoms with van der Waals surface area (Å²) in [7, 11) is -4.03. The third-order valence-electron chi connectivity index (χ3n) is 5.51. The summed E-state index contributed by atoms with van der Waals surface area (Å²) in [6.45, 7) is 8.53. The Morgan fingerprint density at radius 1 is 0.786 bits per heavy atom. The number of ether oxygens (including phenoxy) is 3. The van der Waals surface area contributed by atoms with Gasteiger partial charge in [0.05, 0.1) is 4.90 Å². The number of hydrogen-bond donors (Lipinski definition) is 2. The van der Waals surface area contributed by atoms with Crippen LogP contribution in [0.25, 0.3) is 11.1 Å². The van der Waals surface area contributed by atoms with E-state index in [-0.39, 0.29) is 22.3 Å². The van der Waals surface area contributed by atoms with Gasteiger partial charge < -0.3 is 14.2 Å². The lowest BCUT2D eigenvalue weighted by Gasteiger charge is -2.26. The van der Waals surface area contributed by atoms with Crippen LogP contribution in [0.3, 0.4) is 0 Å². The van der Waals surface area contributed by atoms with E-state index in [0.29, 0.717) is 11.1 Å². The zero-order chi connectivity index (χ0) is 31.3. The normalized spacial score (nSPS) is 12.9. The van der Waals surface area contributed by atoms with Crippen molar-refractivity contribution in [2.45, 2.75) is 57.5 Å². The van der Waals surface area contributed by atoms with E-state index >= 15 is 0 Å². The van der Waals surface area contributed by atoms with Gasteiger partial charge in [-0.1, -0.05) is 38.1 Å². The highest BCUT2D eigenvalue weighted by atomic mass is 32.2. The van der Waals surface area contributed by atoms with Crippen molar-refractivity contribution in [1.29, 1.82) is 0 Å². The van der Waals surface area contributed by atoms with Crippen molar-refractivity contribution >= 4 is 27.8 Å². The molecule has 2 N–H and O–H groups in total. The van der Waals surface area contributed by atoms with Crippen LogP contribution in [0, 0.1) is 5.92 Å². The van der Waals surface area contributed by atoms with E-state index in [0.717, 1.165) is 12.1 Å². The smallest absolute Gasteiger partial charge is 0.459 e. The molecule has 9 nitrogen and oxygen atoms in total. The van der Waals surface area contributed by atoms with Gasteiger partial charge in [0.15, 0.2) is 0 Å². The molecular weight excluding hydrogens is 577 g/mol. The van der Waals surface area contributed by atoms with Gasteiger partial charge in [0.2, 0.25) is 10.0 Å². The summed E-state index contributed by atoms with van der Waals surface area (Å²) in [5.74, 6) is -1.25. The predicted molar refractivity (Wildman–Crippen MR) is 149 cm³/mol. The summed E-state index contributed by atoms with van der Waals surface area (Å²) in [6.07, 6.45) is -5.68. The molecule has 13 heteroatoms. The van der Waals surface area contributed by atoms with Crippen LogP contribution in [0.15, 0.2) is 77.7 Å². The molecule has 3 rings (SSSR count). The van der Waals surface area contributed by atoms with Crippen LogP contribution < -0.4 is 19.5 Å². The minimum Gasteiger partial charge on any atom is -0.459 e. The van der Waals surface area contributed by atoms with Gasteiger partial charge in [-0.3, -0.25) is 10.1 Å². The number of carbonyl (C=O) groups is 2. The summed E-state index contributed by atoms with van der Waals surface area (Å²) in [4.78, 5) is 24.7. The van der Waals surface area contributed by atoms with E-state index in [4.69, 9.17) is 9.47 Å². The first-order valence-electron chi connectivity index (χ1n) is 12.7. The molecule has 0 aliphatic heterocycles. The highest BCUT2D eigenvalue weighted by Crippen LogP contribution is 2.26. The number of anilines is 1. The molecular formula is C29H31F3N2O7S. The zero-order valence-corrected chi connectivity index (χ0v) is 24.3. The summed E-state index contributed by atoms with van der Waals surface area (Å²) < 4.78 is 79.6. The van der Waals surface area contributed by atoms with Crippen molar-refractivity contribution < 1.29 is 45.4 Å². The van der Waals surface area contributed by atoms with Crippen molar-refractivity contribution in [1.82, 2.24) is 4.72 Å². The average Bonchev–Trinajstić information content (AvgIpc) is 2.87. The van der Waals surface area contributed by atoms with Crippen molar-refractivity contribution in [3.63, 3.8) is 0 Å². The lowest BCUT2D eigenvalue weighted by Crippen LogP contribution is -2.47. The number of sulfonamides is 1. The van der Waals surface area contributed by atoms with Crippen molar-refractivity contribution in [2.75, 3.05) is 5.32 Å². The molecule has 226 valence electrons. The van der Waals surface area contributed by atoms with E-state index < -0.39 is 45.8 Å². The fraction of sp³-hybridized carbons (Fsp3) is 0.310. The van der Waals surface area contributed by atoms with Gasteiger partial charge in [0.1, 0.15) is 23.1 Å². The first kappa shape index (κ1) is 32.4. The Balaban J connectivity index is 1.62. The van der Waals surface area contributed by atoms with Gasteiger partial charge >= 0.3 is 18.4 Å². The molecule has 0 bridgehead atoms. The monoisotopic (exact) mass is 608 g/mol. The topological polar surface area (TPSA) is 120 Å². The first-order valence-corrected chi connectivity index (χ1v) is 14.2. The SMILES string of the molecule is CC(C)[C@@H](NS(=O)(=O)c1ccc(-c2ccc(OC(=O)Nc3ccc(OC(F)(F)F)cc3)cc2)cc1)C(=O)OC(C)(C)C. The lowest BCUT2D eigenvalue weighted by molar-refractivity contribution is -0.274. The molecule has 1 atom stereocenters. The molecule has 3 aromatic rings. The van der Waals surface area contributed by atoms with Crippen LogP contribution in [0.2, 0.25) is 0 Å². The molecule has 1 amide bonds. The second-order valence-electron chi connectivity index (χ2n) is 10.5. The quantitative estimate of drug-likeness (QED) is 0.266. The lowest BCUT2D eigenvalue weighted by atomic mass is 10.1. The van der Waals surface area contributed by atoms with Crippen LogP contribution >= 0.6 is 0 Å². The van der Waals surface area contributed by atoms with Gasteiger partial charge in [-0.05, 0) is 86.3 Å². The molecule has 0 radical (unpaired) electrons. The summed E-state index contributed by atoms with van der Waals surface area (Å²) in [5.41, 5.74) is 0.806. The summed E-state index contributed by atoms with van der Waals surface area (Å²) >= 11 is 0. The number of nitrogens with one attached hydrogen (secondary N) is 2. The maximum atomic E-state index is 13.0. The summed E-state index contributed by atoms with van der Waals surface area (Å²) in [6, 6.07) is 15.9. The molecule has 0 aromatic heterocycles. The number of halogens is 3. The predicted octanol–water partition coefficient (Wildman–Crippen LogP) is 6.51. The van der Waals surface area contributed by atoms with E-state index in [9.17, 15) is 31.2 Å². The number of esters is 1. The number of carbonyl (C=O) groups excluding carboxylic acids is 2. The molecule has 0 fully saturated rings. The van der Waals surface area contributed by atoms with Crippen molar-refractivity contribution in [2.24, 2.45) is 5.92 Å². The standard InChI is InChI=1S/C29H31F3N2O7S/c1-18(2)25(26(35)41-28(3,4)5)34-42(37,38)24-16-8-20(9-17-24)19-6-12-22(13-7-19)39-27(36)33-21-10-14-23(15-11-21)40-29(30,31)32/h6-18,25,34H,1-5H3,(H,33,36)/t25-/m1/s1. The zero-order valence-electron chi connectivity index (χ0n) is 23.5. The Kier molecular flexibility index (Phi) is 9.90. The highest BCUT2D eigenvalue weighted by Gasteiger charge is 2.32. The molecule has 0 unspecified atom stereocenters. The van der Waals surface area contributed by atoms with Crippen LogP contribution in [0.1, 0.15) is 34.6 Å². The molecule has 0 saturated carbocycles. The largest absolute Gasteiger partial charge is 0.573 e. The Bertz CT molecular complexity index is 1480. The number of hydrogen-bond acceptors (Lipinski definition) is 7. The Hall–Kier alpha value is -4.10. The first-order chi connectivity index (χ1) is 19.4. The average molecular weight is 609 g/mol. The van der Waals surface area contributed by atoms with Gasteiger partial charge in [-0.15, -0.1) is 13.2 Å². The van der Waals surface area contributed by atoms with E-state index in [1.165, 1.54) is 36.4 Å². The van der Waals surface area contributed by atoms with Gasteiger partial charge in [-0.2, -0.15) is 4.72 Å². The van der Waals surface area contributed by atoms with E-state index in [1.807, 2.05) is 0 Å². The Morgan fingerprint density at radius 3 is 1.76 bits per heavy atom. The fourth-order valence-electron chi connectivity index (χ4n) is 3.59. The van der Waals surface area contributed by atoms with Gasteiger partial charge in [0.25, 0.3) is 0 Å². The number of rotatable bonds is 9. The minimum atomic E-state index is -4.82. The Morgan fingerprint density at radius 2 is 1.29 bits per heavy atom. The van der Waals surface area contributed by atoms with Gasteiger partial charge in [0, 0.05) is 5.69 Å².